The standard InChI is InChI=1S/C13H7BrCl2F3N/c14-7-1-2-11(13(16)12(7)15)20-5-6-3-9(18)10(19)4-8(6)17/h1-4,20H,5H2. The molecule has 106 valence electrons. The Morgan fingerprint density at radius 2 is 1.60 bits per heavy atom. The lowest BCUT2D eigenvalue weighted by molar-refractivity contribution is 0.490. The molecule has 0 aliphatic heterocycles. The third-order valence-corrected chi connectivity index (χ3v) is 4.36. The highest BCUT2D eigenvalue weighted by Crippen LogP contribution is 2.36. The van der Waals surface area contributed by atoms with Crippen LogP contribution < -0.4 is 5.32 Å². The molecule has 0 amide bonds. The number of halogens is 6. The number of benzene rings is 2. The summed E-state index contributed by atoms with van der Waals surface area (Å²) in [6.45, 7) is -0.0548. The number of anilines is 1. The molecule has 0 aliphatic carbocycles. The smallest absolute Gasteiger partial charge is 0.161 e. The molecule has 0 saturated heterocycles. The first-order valence-electron chi connectivity index (χ1n) is 5.41. The molecule has 1 N–H and O–H groups in total. The second-order valence-corrected chi connectivity index (χ2v) is 5.54. The Morgan fingerprint density at radius 1 is 0.950 bits per heavy atom. The average Bonchev–Trinajstić information content (AvgIpc) is 2.40. The molecule has 0 heterocycles. The predicted octanol–water partition coefficient (Wildman–Crippen LogP) is 5.79. The van der Waals surface area contributed by atoms with Crippen LogP contribution in [0.4, 0.5) is 18.9 Å². The van der Waals surface area contributed by atoms with Crippen LogP contribution in [0.15, 0.2) is 28.7 Å². The molecule has 0 radical (unpaired) electrons. The Morgan fingerprint density at radius 3 is 2.30 bits per heavy atom. The SMILES string of the molecule is Fc1cc(F)c(CNc2ccc(Br)c(Cl)c2Cl)cc1F. The lowest BCUT2D eigenvalue weighted by atomic mass is 10.2. The third kappa shape index (κ3) is 3.22. The summed E-state index contributed by atoms with van der Waals surface area (Å²) >= 11 is 15.2. The van der Waals surface area contributed by atoms with Gasteiger partial charge in [-0.05, 0) is 34.1 Å². The molecule has 0 spiro atoms. The molecule has 2 aromatic carbocycles. The monoisotopic (exact) mass is 383 g/mol. The van der Waals surface area contributed by atoms with Crippen LogP contribution in [0.3, 0.4) is 0 Å². The Labute approximate surface area is 131 Å². The Bertz CT molecular complexity index is 663. The third-order valence-electron chi connectivity index (χ3n) is 2.59. The minimum Gasteiger partial charge on any atom is -0.380 e. The maximum Gasteiger partial charge on any atom is 0.161 e. The van der Waals surface area contributed by atoms with Crippen molar-refractivity contribution < 1.29 is 13.2 Å². The minimum atomic E-state index is -1.23. The van der Waals surface area contributed by atoms with E-state index in [0.717, 1.165) is 6.07 Å². The zero-order valence-electron chi connectivity index (χ0n) is 9.78. The van der Waals surface area contributed by atoms with Crippen molar-refractivity contribution in [3.8, 4) is 0 Å². The van der Waals surface area contributed by atoms with E-state index in [2.05, 4.69) is 21.2 Å². The second-order valence-electron chi connectivity index (χ2n) is 3.93. The number of rotatable bonds is 3. The summed E-state index contributed by atoms with van der Waals surface area (Å²) in [6.07, 6.45) is 0. The summed E-state index contributed by atoms with van der Waals surface area (Å²) < 4.78 is 39.9. The van der Waals surface area contributed by atoms with Crippen LogP contribution in [0.2, 0.25) is 10.0 Å². The first-order chi connectivity index (χ1) is 9.40. The molecule has 0 bridgehead atoms. The van der Waals surface area contributed by atoms with E-state index in [9.17, 15) is 13.2 Å². The zero-order chi connectivity index (χ0) is 14.9. The van der Waals surface area contributed by atoms with Crippen molar-refractivity contribution in [1.82, 2.24) is 0 Å². The largest absolute Gasteiger partial charge is 0.380 e. The van der Waals surface area contributed by atoms with Gasteiger partial charge in [0.1, 0.15) is 5.82 Å². The van der Waals surface area contributed by atoms with Crippen molar-refractivity contribution in [1.29, 1.82) is 0 Å². The summed E-state index contributed by atoms with van der Waals surface area (Å²) in [5, 5.41) is 3.38. The van der Waals surface area contributed by atoms with Gasteiger partial charge < -0.3 is 5.32 Å². The average molecular weight is 385 g/mol. The Hall–Kier alpha value is -0.910. The maximum absolute atomic E-state index is 13.5. The second kappa shape index (κ2) is 6.24. The minimum absolute atomic E-state index is 0.0148. The molecule has 0 aliphatic rings. The van der Waals surface area contributed by atoms with Crippen LogP contribution in [-0.4, -0.2) is 0 Å². The van der Waals surface area contributed by atoms with E-state index in [-0.39, 0.29) is 17.1 Å². The van der Waals surface area contributed by atoms with E-state index >= 15 is 0 Å². The fourth-order valence-electron chi connectivity index (χ4n) is 1.55. The number of hydrogen-bond acceptors (Lipinski definition) is 1. The lowest BCUT2D eigenvalue weighted by Crippen LogP contribution is -2.04. The van der Waals surface area contributed by atoms with Gasteiger partial charge in [-0.15, -0.1) is 0 Å². The van der Waals surface area contributed by atoms with Gasteiger partial charge in [-0.2, -0.15) is 0 Å². The van der Waals surface area contributed by atoms with Crippen LogP contribution in [0.1, 0.15) is 5.56 Å². The van der Waals surface area contributed by atoms with E-state index in [1.54, 1.807) is 12.1 Å². The van der Waals surface area contributed by atoms with Gasteiger partial charge in [0, 0.05) is 22.6 Å². The van der Waals surface area contributed by atoms with Gasteiger partial charge >= 0.3 is 0 Å². The van der Waals surface area contributed by atoms with E-state index in [4.69, 9.17) is 23.2 Å². The summed E-state index contributed by atoms with van der Waals surface area (Å²) in [5.41, 5.74) is 0.447. The summed E-state index contributed by atoms with van der Waals surface area (Å²) in [5.74, 6) is -3.17. The van der Waals surface area contributed by atoms with Gasteiger partial charge in [-0.1, -0.05) is 23.2 Å². The van der Waals surface area contributed by atoms with Crippen molar-refractivity contribution in [2.75, 3.05) is 5.32 Å². The van der Waals surface area contributed by atoms with Crippen molar-refractivity contribution in [2.24, 2.45) is 0 Å². The molecule has 0 fully saturated rings. The molecule has 1 nitrogen and oxygen atoms in total. The van der Waals surface area contributed by atoms with Crippen LogP contribution in [-0.2, 0) is 6.54 Å². The molecule has 7 heteroatoms. The molecule has 0 unspecified atom stereocenters. The maximum atomic E-state index is 13.5. The Balaban J connectivity index is 2.21. The summed E-state index contributed by atoms with van der Waals surface area (Å²) in [6, 6.07) is 4.60. The molecule has 0 atom stereocenters. The molecule has 2 aromatic rings. The molecular formula is C13H7BrCl2F3N. The highest BCUT2D eigenvalue weighted by atomic mass is 79.9. The Kier molecular flexibility index (Phi) is 4.83. The highest BCUT2D eigenvalue weighted by Gasteiger charge is 2.12. The van der Waals surface area contributed by atoms with Crippen molar-refractivity contribution >= 4 is 44.8 Å². The van der Waals surface area contributed by atoms with Gasteiger partial charge in [-0.3, -0.25) is 0 Å². The van der Waals surface area contributed by atoms with Gasteiger partial charge in [0.2, 0.25) is 0 Å². The van der Waals surface area contributed by atoms with Crippen molar-refractivity contribution in [2.45, 2.75) is 6.54 Å². The molecule has 0 saturated carbocycles. The quantitative estimate of drug-likeness (QED) is 0.522. The lowest BCUT2D eigenvalue weighted by Gasteiger charge is -2.11. The van der Waals surface area contributed by atoms with E-state index in [1.807, 2.05) is 0 Å². The molecule has 2 rings (SSSR count). The van der Waals surface area contributed by atoms with Crippen molar-refractivity contribution in [3.63, 3.8) is 0 Å². The molecule has 20 heavy (non-hydrogen) atoms. The van der Waals surface area contributed by atoms with Gasteiger partial charge in [0.15, 0.2) is 11.6 Å². The first-order valence-corrected chi connectivity index (χ1v) is 6.96. The van der Waals surface area contributed by atoms with Crippen LogP contribution in [0.5, 0.6) is 0 Å². The number of hydrogen-bond donors (Lipinski definition) is 1. The first kappa shape index (κ1) is 15.5. The van der Waals surface area contributed by atoms with Crippen LogP contribution >= 0.6 is 39.1 Å². The normalized spacial score (nSPS) is 10.7. The van der Waals surface area contributed by atoms with Crippen LogP contribution in [0, 0.1) is 17.5 Å². The van der Waals surface area contributed by atoms with Gasteiger partial charge in [0.25, 0.3) is 0 Å². The molecular weight excluding hydrogens is 378 g/mol. The van der Waals surface area contributed by atoms with E-state index in [1.165, 1.54) is 0 Å². The van der Waals surface area contributed by atoms with Crippen molar-refractivity contribution in [3.05, 3.63) is 61.8 Å². The fourth-order valence-corrected chi connectivity index (χ4v) is 2.39. The molecule has 0 aromatic heterocycles. The van der Waals surface area contributed by atoms with Crippen LogP contribution in [0.25, 0.3) is 0 Å². The number of nitrogens with one attached hydrogen (secondary N) is 1. The van der Waals surface area contributed by atoms with Gasteiger partial charge in [-0.25, -0.2) is 13.2 Å². The highest BCUT2D eigenvalue weighted by molar-refractivity contribution is 9.10. The summed E-state index contributed by atoms with van der Waals surface area (Å²) in [4.78, 5) is 0. The zero-order valence-corrected chi connectivity index (χ0v) is 12.9. The predicted molar refractivity (Wildman–Crippen MR) is 77.8 cm³/mol. The van der Waals surface area contributed by atoms with E-state index in [0.29, 0.717) is 21.2 Å². The fraction of sp³-hybridized carbons (Fsp3) is 0.0769. The topological polar surface area (TPSA) is 12.0 Å². The summed E-state index contributed by atoms with van der Waals surface area (Å²) in [7, 11) is 0. The van der Waals surface area contributed by atoms with E-state index < -0.39 is 17.5 Å². The van der Waals surface area contributed by atoms with Gasteiger partial charge in [0.05, 0.1) is 15.7 Å².